The molecule has 3 nitrogen and oxygen atoms in total. The van der Waals surface area contributed by atoms with E-state index in [4.69, 9.17) is 11.6 Å². The van der Waals surface area contributed by atoms with Crippen molar-refractivity contribution in [1.82, 2.24) is 9.97 Å². The van der Waals surface area contributed by atoms with Gasteiger partial charge in [-0.15, -0.1) is 0 Å². The number of hydrogen-bond donors (Lipinski definition) is 0. The number of carbonyl (C=O) groups is 1. The van der Waals surface area contributed by atoms with Crippen LogP contribution in [0.4, 0.5) is 0 Å². The maximum Gasteiger partial charge on any atom is 0.214 e. The van der Waals surface area contributed by atoms with E-state index >= 15 is 0 Å². The Balaban J connectivity index is 2.10. The summed E-state index contributed by atoms with van der Waals surface area (Å²) in [7, 11) is 0. The lowest BCUT2D eigenvalue weighted by Crippen LogP contribution is -2.00. The van der Waals surface area contributed by atoms with Crippen molar-refractivity contribution in [2.45, 2.75) is 6.92 Å². The fourth-order valence-electron chi connectivity index (χ4n) is 2.54. The summed E-state index contributed by atoms with van der Waals surface area (Å²) in [6.45, 7) is 1.91. The number of rotatable bonds is 0. The Kier molecular flexibility index (Phi) is 2.24. The molecule has 0 spiro atoms. The molecule has 20 heavy (non-hydrogen) atoms. The third-order valence-electron chi connectivity index (χ3n) is 3.59. The summed E-state index contributed by atoms with van der Waals surface area (Å²) in [6, 6.07) is 11.1. The Morgan fingerprint density at radius 2 is 1.60 bits per heavy atom. The van der Waals surface area contributed by atoms with E-state index in [0.29, 0.717) is 33.0 Å². The standard InChI is InChI=1S/C16H9ClN2O/c1-8-6-12-13(7-11(8)17)18-14-9-4-2-3-5-10(9)16(20)15(14)19-12/h2-7H,1H3. The van der Waals surface area contributed by atoms with Gasteiger partial charge in [0, 0.05) is 16.1 Å². The van der Waals surface area contributed by atoms with Crippen molar-refractivity contribution in [3.05, 3.63) is 58.2 Å². The number of hydrogen-bond acceptors (Lipinski definition) is 3. The van der Waals surface area contributed by atoms with Crippen LogP contribution in [0.5, 0.6) is 0 Å². The molecule has 3 aromatic rings. The smallest absolute Gasteiger partial charge is 0.214 e. The van der Waals surface area contributed by atoms with E-state index in [2.05, 4.69) is 9.97 Å². The third kappa shape index (κ3) is 1.44. The predicted molar refractivity (Wildman–Crippen MR) is 78.2 cm³/mol. The number of fused-ring (bicyclic) bond motifs is 4. The molecule has 0 radical (unpaired) electrons. The molecule has 4 heteroatoms. The molecule has 0 aliphatic heterocycles. The van der Waals surface area contributed by atoms with Gasteiger partial charge in [0.15, 0.2) is 0 Å². The number of ketones is 1. The van der Waals surface area contributed by atoms with Crippen molar-refractivity contribution < 1.29 is 4.79 Å². The fourth-order valence-corrected chi connectivity index (χ4v) is 2.70. The van der Waals surface area contributed by atoms with Crippen LogP contribution in [0.25, 0.3) is 22.3 Å². The van der Waals surface area contributed by atoms with E-state index in [0.717, 1.165) is 11.1 Å². The Morgan fingerprint density at radius 3 is 2.40 bits per heavy atom. The van der Waals surface area contributed by atoms with Crippen LogP contribution < -0.4 is 0 Å². The summed E-state index contributed by atoms with van der Waals surface area (Å²) < 4.78 is 0. The maximum absolute atomic E-state index is 12.4. The summed E-state index contributed by atoms with van der Waals surface area (Å²) in [5, 5.41) is 0.657. The second-order valence-electron chi connectivity index (χ2n) is 4.89. The molecule has 0 amide bonds. The molecular formula is C16H9ClN2O. The number of halogens is 1. The van der Waals surface area contributed by atoms with Crippen LogP contribution in [0.2, 0.25) is 5.02 Å². The third-order valence-corrected chi connectivity index (χ3v) is 3.99. The highest BCUT2D eigenvalue weighted by Crippen LogP contribution is 2.35. The van der Waals surface area contributed by atoms with Crippen molar-refractivity contribution in [3.63, 3.8) is 0 Å². The SMILES string of the molecule is Cc1cc2nc3c(nc2cc1Cl)-c1ccccc1C3=O. The quantitative estimate of drug-likeness (QED) is 0.492. The van der Waals surface area contributed by atoms with Crippen LogP contribution in [0, 0.1) is 6.92 Å². The molecule has 0 bridgehead atoms. The maximum atomic E-state index is 12.4. The lowest BCUT2D eigenvalue weighted by Gasteiger charge is -2.04. The average Bonchev–Trinajstić information content (AvgIpc) is 2.72. The molecule has 2 aromatic carbocycles. The predicted octanol–water partition coefficient (Wildman–Crippen LogP) is 3.80. The van der Waals surface area contributed by atoms with E-state index in [1.54, 1.807) is 6.07 Å². The molecule has 0 saturated heterocycles. The zero-order chi connectivity index (χ0) is 13.9. The Bertz CT molecular complexity index is 902. The summed E-state index contributed by atoms with van der Waals surface area (Å²) in [5.74, 6) is -0.0578. The van der Waals surface area contributed by atoms with Crippen molar-refractivity contribution in [3.8, 4) is 11.3 Å². The molecule has 0 unspecified atom stereocenters. The van der Waals surface area contributed by atoms with Crippen LogP contribution in [0.3, 0.4) is 0 Å². The van der Waals surface area contributed by atoms with Gasteiger partial charge in [0.25, 0.3) is 0 Å². The highest BCUT2D eigenvalue weighted by atomic mass is 35.5. The van der Waals surface area contributed by atoms with Gasteiger partial charge in [0.05, 0.1) is 11.0 Å². The van der Waals surface area contributed by atoms with Crippen LogP contribution in [-0.4, -0.2) is 15.8 Å². The van der Waals surface area contributed by atoms with Gasteiger partial charge in [0.2, 0.25) is 5.78 Å². The molecular weight excluding hydrogens is 272 g/mol. The van der Waals surface area contributed by atoms with Crippen molar-refractivity contribution in [2.75, 3.05) is 0 Å². The second-order valence-corrected chi connectivity index (χ2v) is 5.29. The summed E-state index contributed by atoms with van der Waals surface area (Å²) in [5.41, 5.74) is 4.93. The van der Waals surface area contributed by atoms with Gasteiger partial charge in [-0.25, -0.2) is 9.97 Å². The minimum Gasteiger partial charge on any atom is -0.287 e. The molecule has 0 fully saturated rings. The van der Waals surface area contributed by atoms with Crippen molar-refractivity contribution in [1.29, 1.82) is 0 Å². The molecule has 96 valence electrons. The highest BCUT2D eigenvalue weighted by molar-refractivity contribution is 6.32. The van der Waals surface area contributed by atoms with Gasteiger partial charge in [-0.05, 0) is 24.6 Å². The molecule has 0 atom stereocenters. The lowest BCUT2D eigenvalue weighted by molar-refractivity contribution is 0.103. The summed E-state index contributed by atoms with van der Waals surface area (Å²) >= 11 is 6.13. The largest absolute Gasteiger partial charge is 0.287 e. The van der Waals surface area contributed by atoms with Crippen LogP contribution in [0.15, 0.2) is 36.4 Å². The topological polar surface area (TPSA) is 42.9 Å². The normalized spacial score (nSPS) is 12.6. The van der Waals surface area contributed by atoms with Gasteiger partial charge in [-0.3, -0.25) is 4.79 Å². The average molecular weight is 281 g/mol. The second kappa shape index (κ2) is 3.87. The zero-order valence-electron chi connectivity index (χ0n) is 10.6. The summed E-state index contributed by atoms with van der Waals surface area (Å²) in [4.78, 5) is 21.4. The first-order valence-corrected chi connectivity index (χ1v) is 6.65. The van der Waals surface area contributed by atoms with Gasteiger partial charge >= 0.3 is 0 Å². The van der Waals surface area contributed by atoms with Gasteiger partial charge < -0.3 is 0 Å². The molecule has 4 rings (SSSR count). The molecule has 0 N–H and O–H groups in total. The molecule has 1 aliphatic rings. The van der Waals surface area contributed by atoms with Crippen LogP contribution in [0.1, 0.15) is 21.6 Å². The number of aryl methyl sites for hydroxylation is 1. The highest BCUT2D eigenvalue weighted by Gasteiger charge is 2.29. The Hall–Kier alpha value is -2.26. The van der Waals surface area contributed by atoms with Gasteiger partial charge in [-0.1, -0.05) is 35.9 Å². The van der Waals surface area contributed by atoms with Gasteiger partial charge in [0.1, 0.15) is 11.4 Å². The minimum atomic E-state index is -0.0578. The number of aromatic nitrogens is 2. The lowest BCUT2D eigenvalue weighted by atomic mass is 10.1. The first-order valence-electron chi connectivity index (χ1n) is 6.27. The van der Waals surface area contributed by atoms with Crippen LogP contribution >= 0.6 is 11.6 Å². The Labute approximate surface area is 120 Å². The minimum absolute atomic E-state index is 0.0578. The zero-order valence-corrected chi connectivity index (χ0v) is 11.4. The fraction of sp³-hybridized carbons (Fsp3) is 0.0625. The molecule has 1 heterocycles. The number of nitrogens with zero attached hydrogens (tertiary/aromatic N) is 2. The van der Waals surface area contributed by atoms with Crippen molar-refractivity contribution in [2.24, 2.45) is 0 Å². The number of carbonyl (C=O) groups excluding carboxylic acids is 1. The Morgan fingerprint density at radius 1 is 0.950 bits per heavy atom. The first-order chi connectivity index (χ1) is 9.65. The molecule has 0 saturated carbocycles. The monoisotopic (exact) mass is 280 g/mol. The van der Waals surface area contributed by atoms with Gasteiger partial charge in [-0.2, -0.15) is 0 Å². The number of benzene rings is 2. The first kappa shape index (κ1) is 11.6. The van der Waals surface area contributed by atoms with Crippen molar-refractivity contribution >= 4 is 28.4 Å². The summed E-state index contributed by atoms with van der Waals surface area (Å²) in [6.07, 6.45) is 0. The van der Waals surface area contributed by atoms with E-state index in [1.807, 2.05) is 37.3 Å². The van der Waals surface area contributed by atoms with Crippen LogP contribution in [-0.2, 0) is 0 Å². The van der Waals surface area contributed by atoms with E-state index < -0.39 is 0 Å². The van der Waals surface area contributed by atoms with E-state index in [-0.39, 0.29) is 5.78 Å². The molecule has 1 aromatic heterocycles. The van der Waals surface area contributed by atoms with E-state index in [9.17, 15) is 4.79 Å². The van der Waals surface area contributed by atoms with E-state index in [1.165, 1.54) is 0 Å². The molecule has 1 aliphatic carbocycles.